The molecule has 0 fully saturated rings. The average molecular weight is 425 g/mol. The van der Waals surface area contributed by atoms with E-state index in [-0.39, 0.29) is 12.2 Å². The summed E-state index contributed by atoms with van der Waals surface area (Å²) in [5.41, 5.74) is 5.16. The van der Waals surface area contributed by atoms with E-state index in [0.29, 0.717) is 23.5 Å². The summed E-state index contributed by atoms with van der Waals surface area (Å²) in [5.74, 6) is 0. The van der Waals surface area contributed by atoms with E-state index < -0.39 is 0 Å². The quantitative estimate of drug-likeness (QED) is 0.364. The predicted molar refractivity (Wildman–Crippen MR) is 127 cm³/mol. The van der Waals surface area contributed by atoms with Crippen molar-refractivity contribution in [2.24, 2.45) is 0 Å². The summed E-state index contributed by atoms with van der Waals surface area (Å²) >= 11 is 0. The fourth-order valence-electron chi connectivity index (χ4n) is 3.88. The van der Waals surface area contributed by atoms with Gasteiger partial charge in [0.05, 0.1) is 29.1 Å². The Balaban J connectivity index is 1.67. The molecule has 0 unspecified atom stereocenters. The van der Waals surface area contributed by atoms with Crippen molar-refractivity contribution in [3.8, 4) is 22.4 Å². The Morgan fingerprint density at radius 2 is 1.88 bits per heavy atom. The molecule has 0 atom stereocenters. The first-order valence-electron chi connectivity index (χ1n) is 10.9. The van der Waals surface area contributed by atoms with Crippen molar-refractivity contribution in [2.45, 2.75) is 26.4 Å². The van der Waals surface area contributed by atoms with Crippen molar-refractivity contribution < 1.29 is 4.74 Å². The first-order chi connectivity index (χ1) is 15.7. The molecule has 0 aliphatic carbocycles. The number of hydrogen-bond donors (Lipinski definition) is 1. The molecule has 0 saturated heterocycles. The number of rotatable bonds is 7. The number of nitrogens with zero attached hydrogens (tertiary/aromatic N) is 3. The second-order valence-corrected chi connectivity index (χ2v) is 7.79. The van der Waals surface area contributed by atoms with Crippen LogP contribution in [0.15, 0.2) is 77.7 Å². The number of benzene rings is 2. The molecule has 6 heteroatoms. The molecule has 6 nitrogen and oxygen atoms in total. The summed E-state index contributed by atoms with van der Waals surface area (Å²) in [4.78, 5) is 22.9. The molecule has 1 N–H and O–H groups in total. The summed E-state index contributed by atoms with van der Waals surface area (Å²) in [6.45, 7) is 3.05. The number of ether oxygens (including phenoxy) is 1. The zero-order valence-corrected chi connectivity index (χ0v) is 17.9. The zero-order valence-electron chi connectivity index (χ0n) is 17.9. The van der Waals surface area contributed by atoms with Gasteiger partial charge >= 0.3 is 0 Å². The van der Waals surface area contributed by atoms with Crippen LogP contribution >= 0.6 is 0 Å². The Morgan fingerprint density at radius 3 is 2.72 bits per heavy atom. The van der Waals surface area contributed by atoms with Gasteiger partial charge in [-0.25, -0.2) is 9.50 Å². The molecule has 32 heavy (non-hydrogen) atoms. The smallest absolute Gasteiger partial charge is 0.280 e. The lowest BCUT2D eigenvalue weighted by molar-refractivity contribution is 0.116. The molecule has 0 radical (unpaired) electrons. The van der Waals surface area contributed by atoms with Gasteiger partial charge in [0, 0.05) is 24.3 Å². The lowest BCUT2D eigenvalue weighted by atomic mass is 10.0. The molecular formula is C26H24N4O2. The molecule has 5 aromatic rings. The van der Waals surface area contributed by atoms with Crippen LogP contribution in [0.5, 0.6) is 0 Å². The first kappa shape index (κ1) is 20.2. The van der Waals surface area contributed by atoms with Gasteiger partial charge in [-0.2, -0.15) is 0 Å². The highest BCUT2D eigenvalue weighted by atomic mass is 16.5. The van der Waals surface area contributed by atoms with E-state index in [1.54, 1.807) is 6.20 Å². The van der Waals surface area contributed by atoms with Crippen molar-refractivity contribution in [2.75, 3.05) is 6.61 Å². The van der Waals surface area contributed by atoms with Crippen LogP contribution in [0.2, 0.25) is 0 Å². The van der Waals surface area contributed by atoms with Crippen LogP contribution in [0, 0.1) is 0 Å². The molecule has 3 aromatic heterocycles. The highest BCUT2D eigenvalue weighted by Gasteiger charge is 2.17. The largest absolute Gasteiger partial charge is 0.375 e. The lowest BCUT2D eigenvalue weighted by Gasteiger charge is -2.10. The third-order valence-electron chi connectivity index (χ3n) is 5.55. The molecule has 0 spiro atoms. The highest BCUT2D eigenvalue weighted by molar-refractivity contribution is 5.84. The number of unbranched alkanes of at least 4 members (excludes halogenated alkanes) is 1. The molecule has 5 rings (SSSR count). The molecule has 160 valence electrons. The topological polar surface area (TPSA) is 72.3 Å². The predicted octanol–water partition coefficient (Wildman–Crippen LogP) is 5.22. The van der Waals surface area contributed by atoms with Crippen molar-refractivity contribution in [3.05, 3.63) is 89.0 Å². The second kappa shape index (κ2) is 8.77. The maximum absolute atomic E-state index is 13.6. The summed E-state index contributed by atoms with van der Waals surface area (Å²) in [6, 6.07) is 21.6. The normalized spacial score (nSPS) is 11.4. The van der Waals surface area contributed by atoms with E-state index >= 15 is 0 Å². The van der Waals surface area contributed by atoms with Gasteiger partial charge in [0.2, 0.25) is 0 Å². The van der Waals surface area contributed by atoms with Crippen LogP contribution in [-0.2, 0) is 11.3 Å². The van der Waals surface area contributed by atoms with Crippen LogP contribution in [0.25, 0.3) is 38.9 Å². The van der Waals surface area contributed by atoms with Crippen molar-refractivity contribution in [3.63, 3.8) is 0 Å². The van der Waals surface area contributed by atoms with E-state index in [0.717, 1.165) is 40.6 Å². The fourth-order valence-corrected chi connectivity index (χ4v) is 3.88. The summed E-state index contributed by atoms with van der Waals surface area (Å²) in [7, 11) is 0. The SMILES string of the molecule is CCCCOCc1nc2cc(-c3ccccc3)[nH]n2c(=O)c1-c1ccc2ncccc2c1. The van der Waals surface area contributed by atoms with Gasteiger partial charge in [0.15, 0.2) is 5.65 Å². The van der Waals surface area contributed by atoms with Gasteiger partial charge in [-0.05, 0) is 35.7 Å². The number of aromatic amines is 1. The molecule has 0 aliphatic heterocycles. The van der Waals surface area contributed by atoms with Gasteiger partial charge in [0.25, 0.3) is 5.56 Å². The Kier molecular flexibility index (Phi) is 5.52. The molecule has 0 bridgehead atoms. The number of aromatic nitrogens is 4. The van der Waals surface area contributed by atoms with E-state index in [9.17, 15) is 4.79 Å². The number of H-pyrrole nitrogens is 1. The molecular weight excluding hydrogens is 400 g/mol. The van der Waals surface area contributed by atoms with Gasteiger partial charge < -0.3 is 4.74 Å². The number of nitrogens with one attached hydrogen (secondary N) is 1. The summed E-state index contributed by atoms with van der Waals surface area (Å²) in [5, 5.41) is 4.20. The maximum atomic E-state index is 13.6. The number of pyridine rings is 1. The molecule has 2 aromatic carbocycles. The Morgan fingerprint density at radius 1 is 1.00 bits per heavy atom. The Labute approximate surface area is 185 Å². The van der Waals surface area contributed by atoms with E-state index in [2.05, 4.69) is 17.0 Å². The molecule has 0 saturated carbocycles. The molecule has 0 aliphatic rings. The van der Waals surface area contributed by atoms with Crippen molar-refractivity contribution in [1.29, 1.82) is 0 Å². The van der Waals surface area contributed by atoms with Crippen molar-refractivity contribution in [1.82, 2.24) is 19.6 Å². The maximum Gasteiger partial charge on any atom is 0.280 e. The monoisotopic (exact) mass is 424 g/mol. The third-order valence-corrected chi connectivity index (χ3v) is 5.55. The van der Waals surface area contributed by atoms with E-state index in [1.165, 1.54) is 4.52 Å². The van der Waals surface area contributed by atoms with Crippen LogP contribution in [0.1, 0.15) is 25.5 Å². The van der Waals surface area contributed by atoms with Crippen LogP contribution in [0.3, 0.4) is 0 Å². The molecule has 3 heterocycles. The van der Waals surface area contributed by atoms with Crippen LogP contribution < -0.4 is 5.56 Å². The zero-order chi connectivity index (χ0) is 21.9. The number of hydrogen-bond acceptors (Lipinski definition) is 4. The van der Waals surface area contributed by atoms with E-state index in [4.69, 9.17) is 9.72 Å². The first-order valence-corrected chi connectivity index (χ1v) is 10.9. The Hall–Kier alpha value is -3.77. The van der Waals surface area contributed by atoms with Gasteiger partial charge in [-0.1, -0.05) is 55.8 Å². The minimum atomic E-state index is -0.144. The summed E-state index contributed by atoms with van der Waals surface area (Å²) in [6.07, 6.45) is 3.79. The average Bonchev–Trinajstić information content (AvgIpc) is 3.27. The van der Waals surface area contributed by atoms with Gasteiger partial charge in [0.1, 0.15) is 0 Å². The highest BCUT2D eigenvalue weighted by Crippen LogP contribution is 2.25. The standard InChI is InChI=1S/C26H24N4O2/c1-2-3-14-32-17-23-25(20-11-12-21-19(15-20)10-7-13-27-21)26(31)30-24(28-23)16-22(29-30)18-8-5-4-6-9-18/h4-13,15-16,29H,2-3,14,17H2,1H3. The number of fused-ring (bicyclic) bond motifs is 2. The molecule has 0 amide bonds. The van der Waals surface area contributed by atoms with Gasteiger partial charge in [-0.15, -0.1) is 0 Å². The van der Waals surface area contributed by atoms with Crippen LogP contribution in [0.4, 0.5) is 0 Å². The second-order valence-electron chi connectivity index (χ2n) is 7.79. The minimum absolute atomic E-state index is 0.144. The fraction of sp³-hybridized carbons (Fsp3) is 0.192. The lowest BCUT2D eigenvalue weighted by Crippen LogP contribution is -2.20. The Bertz CT molecular complexity index is 1440. The van der Waals surface area contributed by atoms with E-state index in [1.807, 2.05) is 66.7 Å². The minimum Gasteiger partial charge on any atom is -0.375 e. The summed E-state index contributed by atoms with van der Waals surface area (Å²) < 4.78 is 7.39. The third kappa shape index (κ3) is 3.81. The van der Waals surface area contributed by atoms with Gasteiger partial charge in [-0.3, -0.25) is 14.9 Å². The van der Waals surface area contributed by atoms with Crippen molar-refractivity contribution >= 4 is 16.6 Å². The van der Waals surface area contributed by atoms with Crippen LogP contribution in [-0.4, -0.2) is 26.2 Å².